The SMILES string of the molecule is CC(C(=O)N1CCCC1c1ccccc1)c1ccccc1. The number of hydrogen-bond donors (Lipinski definition) is 0. The fourth-order valence-corrected chi connectivity index (χ4v) is 3.19. The Kier molecular flexibility index (Phi) is 4.05. The summed E-state index contributed by atoms with van der Waals surface area (Å²) in [6.45, 7) is 2.88. The average molecular weight is 279 g/mol. The Morgan fingerprint density at radius 2 is 1.67 bits per heavy atom. The molecule has 1 aliphatic heterocycles. The van der Waals surface area contributed by atoms with Gasteiger partial charge in [-0.2, -0.15) is 0 Å². The molecule has 2 unspecified atom stereocenters. The fraction of sp³-hybridized carbons (Fsp3) is 0.316. The number of rotatable bonds is 3. The van der Waals surface area contributed by atoms with Crippen LogP contribution in [0, 0.1) is 0 Å². The Labute approximate surface area is 126 Å². The van der Waals surface area contributed by atoms with E-state index < -0.39 is 0 Å². The molecule has 2 aromatic rings. The van der Waals surface area contributed by atoms with Crippen molar-refractivity contribution in [3.8, 4) is 0 Å². The molecule has 21 heavy (non-hydrogen) atoms. The monoisotopic (exact) mass is 279 g/mol. The molecule has 1 saturated heterocycles. The van der Waals surface area contributed by atoms with Gasteiger partial charge in [-0.05, 0) is 30.9 Å². The van der Waals surface area contributed by atoms with Crippen LogP contribution in [-0.2, 0) is 4.79 Å². The molecule has 2 atom stereocenters. The first-order chi connectivity index (χ1) is 10.3. The van der Waals surface area contributed by atoms with Gasteiger partial charge in [0.05, 0.1) is 12.0 Å². The molecule has 1 aliphatic rings. The first-order valence-corrected chi connectivity index (χ1v) is 7.68. The van der Waals surface area contributed by atoms with Crippen molar-refractivity contribution in [3.63, 3.8) is 0 Å². The fourth-order valence-electron chi connectivity index (χ4n) is 3.19. The summed E-state index contributed by atoms with van der Waals surface area (Å²) < 4.78 is 0. The first-order valence-electron chi connectivity index (χ1n) is 7.68. The van der Waals surface area contributed by atoms with Crippen LogP contribution in [0.2, 0.25) is 0 Å². The van der Waals surface area contributed by atoms with E-state index in [1.54, 1.807) is 0 Å². The minimum Gasteiger partial charge on any atom is -0.335 e. The van der Waals surface area contributed by atoms with Crippen molar-refractivity contribution in [3.05, 3.63) is 71.8 Å². The molecule has 0 N–H and O–H groups in total. The summed E-state index contributed by atoms with van der Waals surface area (Å²) in [4.78, 5) is 14.9. The van der Waals surface area contributed by atoms with Gasteiger partial charge in [0.15, 0.2) is 0 Å². The number of benzene rings is 2. The summed E-state index contributed by atoms with van der Waals surface area (Å²) in [7, 11) is 0. The number of likely N-dealkylation sites (tertiary alicyclic amines) is 1. The lowest BCUT2D eigenvalue weighted by Gasteiger charge is -2.28. The molecule has 0 saturated carbocycles. The zero-order chi connectivity index (χ0) is 14.7. The predicted molar refractivity (Wildman–Crippen MR) is 85.0 cm³/mol. The van der Waals surface area contributed by atoms with Crippen LogP contribution in [0.5, 0.6) is 0 Å². The first kappa shape index (κ1) is 13.9. The van der Waals surface area contributed by atoms with Gasteiger partial charge in [-0.15, -0.1) is 0 Å². The Morgan fingerprint density at radius 1 is 1.05 bits per heavy atom. The average Bonchev–Trinajstić information content (AvgIpc) is 3.04. The van der Waals surface area contributed by atoms with Gasteiger partial charge in [0.25, 0.3) is 0 Å². The zero-order valence-electron chi connectivity index (χ0n) is 12.4. The Balaban J connectivity index is 1.81. The van der Waals surface area contributed by atoms with Gasteiger partial charge in [0, 0.05) is 6.54 Å². The highest BCUT2D eigenvalue weighted by Crippen LogP contribution is 2.34. The van der Waals surface area contributed by atoms with E-state index in [4.69, 9.17) is 0 Å². The number of nitrogens with zero attached hydrogens (tertiary/aromatic N) is 1. The molecule has 1 heterocycles. The van der Waals surface area contributed by atoms with Crippen LogP contribution in [0.3, 0.4) is 0 Å². The molecular formula is C19H21NO. The smallest absolute Gasteiger partial charge is 0.230 e. The van der Waals surface area contributed by atoms with E-state index in [9.17, 15) is 4.79 Å². The number of hydrogen-bond acceptors (Lipinski definition) is 1. The van der Waals surface area contributed by atoms with Crippen LogP contribution in [0.4, 0.5) is 0 Å². The van der Waals surface area contributed by atoms with Crippen LogP contribution < -0.4 is 0 Å². The third kappa shape index (κ3) is 2.85. The van der Waals surface area contributed by atoms with Gasteiger partial charge >= 0.3 is 0 Å². The lowest BCUT2D eigenvalue weighted by molar-refractivity contribution is -0.133. The summed E-state index contributed by atoms with van der Waals surface area (Å²) >= 11 is 0. The van der Waals surface area contributed by atoms with Crippen molar-refractivity contribution < 1.29 is 4.79 Å². The molecule has 0 aromatic heterocycles. The third-order valence-corrected chi connectivity index (χ3v) is 4.39. The zero-order valence-corrected chi connectivity index (χ0v) is 12.4. The van der Waals surface area contributed by atoms with E-state index in [-0.39, 0.29) is 17.9 Å². The van der Waals surface area contributed by atoms with Crippen molar-refractivity contribution in [2.24, 2.45) is 0 Å². The highest BCUT2D eigenvalue weighted by Gasteiger charge is 2.32. The maximum Gasteiger partial charge on any atom is 0.230 e. The topological polar surface area (TPSA) is 20.3 Å². The van der Waals surface area contributed by atoms with E-state index in [1.807, 2.05) is 43.3 Å². The second-order valence-corrected chi connectivity index (χ2v) is 5.73. The van der Waals surface area contributed by atoms with Crippen LogP contribution in [-0.4, -0.2) is 17.4 Å². The summed E-state index contributed by atoms with van der Waals surface area (Å²) in [5.74, 6) is 0.170. The van der Waals surface area contributed by atoms with Crippen LogP contribution >= 0.6 is 0 Å². The minimum atomic E-state index is -0.0736. The standard InChI is InChI=1S/C19H21NO/c1-15(16-9-4-2-5-10-16)19(21)20-14-8-13-18(20)17-11-6-3-7-12-17/h2-7,9-12,15,18H,8,13-14H2,1H3. The van der Waals surface area contributed by atoms with Crippen molar-refractivity contribution >= 4 is 5.91 Å². The molecule has 0 spiro atoms. The molecule has 2 aromatic carbocycles. The largest absolute Gasteiger partial charge is 0.335 e. The number of carbonyl (C=O) groups excluding carboxylic acids is 1. The second kappa shape index (κ2) is 6.13. The number of carbonyl (C=O) groups is 1. The summed E-state index contributed by atoms with van der Waals surface area (Å²) in [6.07, 6.45) is 2.16. The van der Waals surface area contributed by atoms with Gasteiger partial charge in [-0.1, -0.05) is 60.7 Å². The van der Waals surface area contributed by atoms with Gasteiger partial charge in [-0.25, -0.2) is 0 Å². The molecule has 0 aliphatic carbocycles. The van der Waals surface area contributed by atoms with Gasteiger partial charge < -0.3 is 4.90 Å². The molecule has 108 valence electrons. The lowest BCUT2D eigenvalue weighted by Crippen LogP contribution is -2.33. The molecular weight excluding hydrogens is 258 g/mol. The Bertz CT molecular complexity index is 593. The van der Waals surface area contributed by atoms with E-state index in [1.165, 1.54) is 5.56 Å². The summed E-state index contributed by atoms with van der Waals surface area (Å²) in [5, 5.41) is 0. The third-order valence-electron chi connectivity index (χ3n) is 4.39. The summed E-state index contributed by atoms with van der Waals surface area (Å²) in [5.41, 5.74) is 2.35. The van der Waals surface area contributed by atoms with Crippen LogP contribution in [0.25, 0.3) is 0 Å². The highest BCUT2D eigenvalue weighted by molar-refractivity contribution is 5.84. The molecule has 0 radical (unpaired) electrons. The van der Waals surface area contributed by atoms with Crippen LogP contribution in [0.1, 0.15) is 42.9 Å². The minimum absolute atomic E-state index is 0.0736. The van der Waals surface area contributed by atoms with Crippen molar-refractivity contribution in [1.29, 1.82) is 0 Å². The van der Waals surface area contributed by atoms with Crippen molar-refractivity contribution in [2.75, 3.05) is 6.54 Å². The van der Waals surface area contributed by atoms with Crippen molar-refractivity contribution in [1.82, 2.24) is 4.90 Å². The van der Waals surface area contributed by atoms with E-state index in [0.29, 0.717) is 0 Å². The van der Waals surface area contributed by atoms with Gasteiger partial charge in [-0.3, -0.25) is 4.79 Å². The number of amides is 1. The predicted octanol–water partition coefficient (Wildman–Crippen LogP) is 4.15. The molecule has 1 fully saturated rings. The van der Waals surface area contributed by atoms with Crippen molar-refractivity contribution in [2.45, 2.75) is 31.7 Å². The second-order valence-electron chi connectivity index (χ2n) is 5.73. The van der Waals surface area contributed by atoms with E-state index in [2.05, 4.69) is 29.2 Å². The summed E-state index contributed by atoms with van der Waals surface area (Å²) in [6, 6.07) is 20.7. The van der Waals surface area contributed by atoms with Gasteiger partial charge in [0.2, 0.25) is 5.91 Å². The normalized spacial score (nSPS) is 19.5. The Morgan fingerprint density at radius 3 is 2.33 bits per heavy atom. The quantitative estimate of drug-likeness (QED) is 0.826. The molecule has 2 heteroatoms. The molecule has 2 nitrogen and oxygen atoms in total. The highest BCUT2D eigenvalue weighted by atomic mass is 16.2. The van der Waals surface area contributed by atoms with Crippen LogP contribution in [0.15, 0.2) is 60.7 Å². The van der Waals surface area contributed by atoms with E-state index >= 15 is 0 Å². The molecule has 3 rings (SSSR count). The Hall–Kier alpha value is -2.09. The maximum atomic E-state index is 12.9. The molecule has 1 amide bonds. The van der Waals surface area contributed by atoms with E-state index in [0.717, 1.165) is 24.9 Å². The lowest BCUT2D eigenvalue weighted by atomic mass is 9.98. The van der Waals surface area contributed by atoms with Gasteiger partial charge in [0.1, 0.15) is 0 Å². The maximum absolute atomic E-state index is 12.9. The molecule has 0 bridgehead atoms.